The SMILES string of the molecule is O=C(CCN1CCC(C(=O)N2CCCCCC2)CC1)Nc1cccc(Cl)c1. The van der Waals surface area contributed by atoms with Crippen molar-refractivity contribution in [1.29, 1.82) is 0 Å². The van der Waals surface area contributed by atoms with Gasteiger partial charge in [-0.1, -0.05) is 30.5 Å². The zero-order valence-electron chi connectivity index (χ0n) is 16.0. The molecule has 1 N–H and O–H groups in total. The number of piperidine rings is 1. The van der Waals surface area contributed by atoms with E-state index in [4.69, 9.17) is 11.6 Å². The van der Waals surface area contributed by atoms with Crippen molar-refractivity contribution < 1.29 is 9.59 Å². The molecule has 6 heteroatoms. The second-order valence-corrected chi connectivity index (χ2v) is 8.10. The van der Waals surface area contributed by atoms with E-state index in [1.54, 1.807) is 12.1 Å². The predicted molar refractivity (Wildman–Crippen MR) is 109 cm³/mol. The van der Waals surface area contributed by atoms with Gasteiger partial charge in [0.25, 0.3) is 0 Å². The number of likely N-dealkylation sites (tertiary alicyclic amines) is 2. The van der Waals surface area contributed by atoms with Crippen LogP contribution < -0.4 is 5.32 Å². The fourth-order valence-corrected chi connectivity index (χ4v) is 4.19. The number of carbonyl (C=O) groups is 2. The Bertz CT molecular complexity index is 636. The van der Waals surface area contributed by atoms with E-state index in [0.717, 1.165) is 64.1 Å². The Kier molecular flexibility index (Phi) is 7.53. The third kappa shape index (κ3) is 6.22. The van der Waals surface area contributed by atoms with Gasteiger partial charge in [0.2, 0.25) is 11.8 Å². The van der Waals surface area contributed by atoms with Gasteiger partial charge in [-0.25, -0.2) is 0 Å². The van der Waals surface area contributed by atoms with Gasteiger partial charge in [-0.3, -0.25) is 9.59 Å². The van der Waals surface area contributed by atoms with Gasteiger partial charge in [0.1, 0.15) is 0 Å². The molecule has 0 radical (unpaired) electrons. The highest BCUT2D eigenvalue weighted by Crippen LogP contribution is 2.22. The smallest absolute Gasteiger partial charge is 0.225 e. The lowest BCUT2D eigenvalue weighted by Crippen LogP contribution is -2.43. The molecule has 2 fully saturated rings. The van der Waals surface area contributed by atoms with Crippen LogP contribution in [-0.4, -0.2) is 54.3 Å². The zero-order valence-corrected chi connectivity index (χ0v) is 16.7. The lowest BCUT2D eigenvalue weighted by atomic mass is 9.95. The minimum absolute atomic E-state index is 0.0000308. The van der Waals surface area contributed by atoms with Crippen LogP contribution >= 0.6 is 11.6 Å². The molecule has 2 amide bonds. The number of halogens is 1. The van der Waals surface area contributed by atoms with E-state index in [-0.39, 0.29) is 11.8 Å². The molecule has 0 aromatic heterocycles. The summed E-state index contributed by atoms with van der Waals surface area (Å²) in [6.07, 6.45) is 7.06. The molecule has 0 spiro atoms. The number of nitrogens with one attached hydrogen (secondary N) is 1. The largest absolute Gasteiger partial charge is 0.342 e. The summed E-state index contributed by atoms with van der Waals surface area (Å²) in [6.45, 7) is 4.39. The lowest BCUT2D eigenvalue weighted by Gasteiger charge is -2.33. The molecule has 0 aliphatic carbocycles. The van der Waals surface area contributed by atoms with Gasteiger partial charge < -0.3 is 15.1 Å². The van der Waals surface area contributed by atoms with Crippen LogP contribution in [0.2, 0.25) is 5.02 Å². The summed E-state index contributed by atoms with van der Waals surface area (Å²) in [7, 11) is 0. The van der Waals surface area contributed by atoms with E-state index in [1.807, 2.05) is 12.1 Å². The topological polar surface area (TPSA) is 52.7 Å². The number of hydrogen-bond acceptors (Lipinski definition) is 3. The fraction of sp³-hybridized carbons (Fsp3) is 0.619. The lowest BCUT2D eigenvalue weighted by molar-refractivity contribution is -0.137. The van der Waals surface area contributed by atoms with E-state index in [2.05, 4.69) is 15.1 Å². The second-order valence-electron chi connectivity index (χ2n) is 7.66. The van der Waals surface area contributed by atoms with E-state index in [0.29, 0.717) is 17.4 Å². The van der Waals surface area contributed by atoms with Gasteiger partial charge in [-0.2, -0.15) is 0 Å². The van der Waals surface area contributed by atoms with Crippen molar-refractivity contribution >= 4 is 29.1 Å². The normalized spacial score (nSPS) is 19.5. The van der Waals surface area contributed by atoms with Crippen molar-refractivity contribution in [3.05, 3.63) is 29.3 Å². The maximum absolute atomic E-state index is 12.7. The minimum Gasteiger partial charge on any atom is -0.342 e. The second kappa shape index (κ2) is 10.1. The van der Waals surface area contributed by atoms with Gasteiger partial charge >= 0.3 is 0 Å². The van der Waals surface area contributed by atoms with Gasteiger partial charge in [0.05, 0.1) is 0 Å². The summed E-state index contributed by atoms with van der Waals surface area (Å²) < 4.78 is 0. The van der Waals surface area contributed by atoms with Crippen LogP contribution in [-0.2, 0) is 9.59 Å². The summed E-state index contributed by atoms with van der Waals surface area (Å²) in [5, 5.41) is 3.50. The van der Waals surface area contributed by atoms with Crippen LogP contribution in [0.4, 0.5) is 5.69 Å². The highest BCUT2D eigenvalue weighted by molar-refractivity contribution is 6.30. The van der Waals surface area contributed by atoms with Gasteiger partial charge in [-0.05, 0) is 57.0 Å². The van der Waals surface area contributed by atoms with E-state index in [1.165, 1.54) is 12.8 Å². The number of hydrogen-bond donors (Lipinski definition) is 1. The molecule has 2 saturated heterocycles. The third-order valence-electron chi connectivity index (χ3n) is 5.62. The highest BCUT2D eigenvalue weighted by Gasteiger charge is 2.28. The number of anilines is 1. The van der Waals surface area contributed by atoms with E-state index < -0.39 is 0 Å². The molecular formula is C21H30ClN3O2. The molecule has 0 unspecified atom stereocenters. The molecule has 27 heavy (non-hydrogen) atoms. The molecule has 1 aromatic rings. The Balaban J connectivity index is 1.37. The quantitative estimate of drug-likeness (QED) is 0.830. The van der Waals surface area contributed by atoms with Gasteiger partial charge in [-0.15, -0.1) is 0 Å². The van der Waals surface area contributed by atoms with Crippen molar-refractivity contribution in [3.8, 4) is 0 Å². The third-order valence-corrected chi connectivity index (χ3v) is 5.85. The van der Waals surface area contributed by atoms with Crippen molar-refractivity contribution in [3.63, 3.8) is 0 Å². The minimum atomic E-state index is 0.0000308. The number of benzene rings is 1. The molecular weight excluding hydrogens is 362 g/mol. The summed E-state index contributed by atoms with van der Waals surface area (Å²) in [4.78, 5) is 29.3. The van der Waals surface area contributed by atoms with Crippen LogP contribution in [0.25, 0.3) is 0 Å². The van der Waals surface area contributed by atoms with Crippen molar-refractivity contribution in [2.45, 2.75) is 44.9 Å². The zero-order chi connectivity index (χ0) is 19.1. The summed E-state index contributed by atoms with van der Waals surface area (Å²) in [6, 6.07) is 7.20. The molecule has 0 saturated carbocycles. The Hall–Kier alpha value is -1.59. The number of rotatable bonds is 5. The molecule has 2 aliphatic heterocycles. The van der Waals surface area contributed by atoms with Crippen molar-refractivity contribution in [2.24, 2.45) is 5.92 Å². The Morgan fingerprint density at radius 3 is 2.41 bits per heavy atom. The maximum atomic E-state index is 12.7. The summed E-state index contributed by atoms with van der Waals surface area (Å²) in [5.41, 5.74) is 0.731. The van der Waals surface area contributed by atoms with Crippen LogP contribution in [0.5, 0.6) is 0 Å². The van der Waals surface area contributed by atoms with Crippen molar-refractivity contribution in [2.75, 3.05) is 38.0 Å². The average molecular weight is 392 g/mol. The fourth-order valence-electron chi connectivity index (χ4n) is 4.00. The Morgan fingerprint density at radius 1 is 1.04 bits per heavy atom. The molecule has 1 aromatic carbocycles. The molecule has 2 aliphatic rings. The first kappa shape index (κ1) is 20.2. The number of nitrogens with zero attached hydrogens (tertiary/aromatic N) is 2. The van der Waals surface area contributed by atoms with Crippen LogP contribution in [0.15, 0.2) is 24.3 Å². The standard InChI is InChI=1S/C21H30ClN3O2/c22-18-6-5-7-19(16-18)23-20(26)10-15-24-13-8-17(9-14-24)21(27)25-11-3-1-2-4-12-25/h5-7,16-17H,1-4,8-15H2,(H,23,26). The summed E-state index contributed by atoms with van der Waals surface area (Å²) >= 11 is 5.94. The Labute approximate surface area is 167 Å². The predicted octanol–water partition coefficient (Wildman–Crippen LogP) is 3.78. The van der Waals surface area contributed by atoms with E-state index in [9.17, 15) is 9.59 Å². The van der Waals surface area contributed by atoms with Gasteiger partial charge in [0, 0.05) is 42.7 Å². The van der Waals surface area contributed by atoms with E-state index >= 15 is 0 Å². The van der Waals surface area contributed by atoms with Gasteiger partial charge in [0.15, 0.2) is 0 Å². The molecule has 3 rings (SSSR count). The first-order valence-electron chi connectivity index (χ1n) is 10.2. The first-order chi connectivity index (χ1) is 13.1. The maximum Gasteiger partial charge on any atom is 0.225 e. The molecule has 0 bridgehead atoms. The Morgan fingerprint density at radius 2 is 1.74 bits per heavy atom. The van der Waals surface area contributed by atoms with Crippen LogP contribution in [0.3, 0.4) is 0 Å². The number of amides is 2. The summed E-state index contributed by atoms with van der Waals surface area (Å²) in [5.74, 6) is 0.523. The average Bonchev–Trinajstić information content (AvgIpc) is 2.96. The molecule has 2 heterocycles. The molecule has 148 valence electrons. The molecule has 5 nitrogen and oxygen atoms in total. The van der Waals surface area contributed by atoms with Crippen LogP contribution in [0.1, 0.15) is 44.9 Å². The first-order valence-corrected chi connectivity index (χ1v) is 10.6. The number of carbonyl (C=O) groups excluding carboxylic acids is 2. The molecule has 0 atom stereocenters. The monoisotopic (exact) mass is 391 g/mol. The van der Waals surface area contributed by atoms with Crippen molar-refractivity contribution in [1.82, 2.24) is 9.80 Å². The highest BCUT2D eigenvalue weighted by atomic mass is 35.5. The van der Waals surface area contributed by atoms with Crippen LogP contribution in [0, 0.1) is 5.92 Å².